The number of aromatic amines is 1. The Bertz CT molecular complexity index is 1130. The molecule has 0 amide bonds. The van der Waals surface area contributed by atoms with Crippen molar-refractivity contribution in [2.75, 3.05) is 0 Å². The van der Waals surface area contributed by atoms with Crippen LogP contribution in [0.25, 0.3) is 11.2 Å². The Morgan fingerprint density at radius 2 is 1.96 bits per heavy atom. The molecule has 9 nitrogen and oxygen atoms in total. The molecule has 10 heteroatoms. The minimum absolute atomic E-state index is 0.108. The van der Waals surface area contributed by atoms with Crippen LogP contribution in [0.3, 0.4) is 0 Å². The van der Waals surface area contributed by atoms with Crippen molar-refractivity contribution in [2.45, 2.75) is 31.9 Å². The summed E-state index contributed by atoms with van der Waals surface area (Å²) in [6.45, 7) is 0.176. The number of carboxylic acid groups (broad SMARTS) is 1. The molecule has 28 heavy (non-hydrogen) atoms. The van der Waals surface area contributed by atoms with Gasteiger partial charge in [-0.25, -0.2) is 9.78 Å². The molecule has 0 aliphatic rings. The zero-order valence-electron chi connectivity index (χ0n) is 15.1. The third-order valence-corrected chi connectivity index (χ3v) is 4.72. The maximum atomic E-state index is 12.3. The molecule has 1 aromatic carbocycles. The second-order valence-corrected chi connectivity index (χ2v) is 6.95. The van der Waals surface area contributed by atoms with Gasteiger partial charge in [0.1, 0.15) is 12.2 Å². The number of aliphatic hydroxyl groups is 1. The quantitative estimate of drug-likeness (QED) is 0.529. The predicted octanol–water partition coefficient (Wildman–Crippen LogP) is 0.698. The number of halogens is 1. The van der Waals surface area contributed by atoms with E-state index < -0.39 is 29.7 Å². The fourth-order valence-corrected chi connectivity index (χ4v) is 3.19. The molecule has 1 atom stereocenters. The molecule has 0 aliphatic heterocycles. The molecule has 0 saturated carbocycles. The predicted molar refractivity (Wildman–Crippen MR) is 103 cm³/mol. The Kier molecular flexibility index (Phi) is 5.66. The van der Waals surface area contributed by atoms with E-state index in [1.165, 1.54) is 11.6 Å². The lowest BCUT2D eigenvalue weighted by molar-refractivity contribution is -0.136. The van der Waals surface area contributed by atoms with E-state index in [0.29, 0.717) is 11.4 Å². The lowest BCUT2D eigenvalue weighted by atomic mass is 10.1. The van der Waals surface area contributed by atoms with Crippen LogP contribution < -0.4 is 11.2 Å². The van der Waals surface area contributed by atoms with Crippen LogP contribution in [0, 0.1) is 0 Å². The molecular formula is C18H19ClN4O5. The number of aliphatic carboxylic acids is 1. The number of nitrogens with one attached hydrogen (secondary N) is 1. The van der Waals surface area contributed by atoms with Crippen molar-refractivity contribution in [2.24, 2.45) is 7.05 Å². The summed E-state index contributed by atoms with van der Waals surface area (Å²) in [4.78, 5) is 41.6. The number of H-pyrrole nitrogens is 1. The largest absolute Gasteiger partial charge is 0.481 e. The molecule has 1 unspecified atom stereocenters. The number of aliphatic hydroxyl groups excluding tert-OH is 1. The number of hydrogen-bond acceptors (Lipinski definition) is 5. The van der Waals surface area contributed by atoms with Gasteiger partial charge in [-0.15, -0.1) is 0 Å². The first-order chi connectivity index (χ1) is 13.3. The first-order valence-corrected chi connectivity index (χ1v) is 8.96. The number of imidazole rings is 1. The van der Waals surface area contributed by atoms with E-state index in [9.17, 15) is 19.5 Å². The van der Waals surface area contributed by atoms with E-state index in [2.05, 4.69) is 9.97 Å². The minimum Gasteiger partial charge on any atom is -0.481 e. The van der Waals surface area contributed by atoms with Gasteiger partial charge >= 0.3 is 11.7 Å². The van der Waals surface area contributed by atoms with Crippen LogP contribution in [0.5, 0.6) is 0 Å². The van der Waals surface area contributed by atoms with Gasteiger partial charge in [0, 0.05) is 18.6 Å². The number of hydrogen-bond donors (Lipinski definition) is 3. The number of benzene rings is 1. The summed E-state index contributed by atoms with van der Waals surface area (Å²) >= 11 is 5.85. The van der Waals surface area contributed by atoms with Crippen molar-refractivity contribution in [1.82, 2.24) is 19.1 Å². The molecule has 0 fully saturated rings. The molecule has 0 saturated heterocycles. The molecule has 3 rings (SSSR count). The van der Waals surface area contributed by atoms with E-state index in [1.54, 1.807) is 12.1 Å². The third-order valence-electron chi connectivity index (χ3n) is 4.47. The summed E-state index contributed by atoms with van der Waals surface area (Å²) in [5, 5.41) is 20.1. The molecule has 0 radical (unpaired) electrons. The first kappa shape index (κ1) is 19.8. The molecule has 2 heterocycles. The molecule has 0 spiro atoms. The number of nitrogens with zero attached hydrogens (tertiary/aromatic N) is 3. The smallest absolute Gasteiger partial charge is 0.329 e. The maximum Gasteiger partial charge on any atom is 0.329 e. The summed E-state index contributed by atoms with van der Waals surface area (Å²) in [6.07, 6.45) is -0.478. The van der Waals surface area contributed by atoms with E-state index in [4.69, 9.17) is 16.7 Å². The summed E-state index contributed by atoms with van der Waals surface area (Å²) in [7, 11) is 1.44. The molecule has 0 bridgehead atoms. The fraction of sp³-hybridized carbons (Fsp3) is 0.333. The van der Waals surface area contributed by atoms with Gasteiger partial charge < -0.3 is 14.8 Å². The minimum atomic E-state index is -1.11. The Balaban J connectivity index is 1.89. The standard InChI is InChI=1S/C18H19ClN4O5/c1-22-16-15(17(27)21-18(22)28)23(13(20-16)9-14(25)26)7-6-12(24)8-10-2-4-11(19)5-3-10/h2-5,12,24H,6-9H2,1H3,(H,25,26)(H,21,27,28). The summed E-state index contributed by atoms with van der Waals surface area (Å²) in [5.74, 6) is -0.965. The van der Waals surface area contributed by atoms with Gasteiger partial charge in [-0.1, -0.05) is 23.7 Å². The Labute approximate surface area is 163 Å². The van der Waals surface area contributed by atoms with Gasteiger partial charge in [0.05, 0.1) is 6.10 Å². The normalized spacial score (nSPS) is 12.4. The van der Waals surface area contributed by atoms with Gasteiger partial charge in [-0.2, -0.15) is 0 Å². The van der Waals surface area contributed by atoms with Crippen molar-refractivity contribution in [3.8, 4) is 0 Å². The van der Waals surface area contributed by atoms with Crippen molar-refractivity contribution in [1.29, 1.82) is 0 Å². The lowest BCUT2D eigenvalue weighted by Crippen LogP contribution is -2.29. The topological polar surface area (TPSA) is 130 Å². The maximum absolute atomic E-state index is 12.3. The average Bonchev–Trinajstić information content (AvgIpc) is 2.98. The SMILES string of the molecule is Cn1c(=O)[nH]c(=O)c2c1nc(CC(=O)O)n2CCC(O)Cc1ccc(Cl)cc1. The van der Waals surface area contributed by atoms with Crippen LogP contribution in [-0.4, -0.2) is 41.4 Å². The van der Waals surface area contributed by atoms with Crippen LogP contribution in [-0.2, 0) is 31.2 Å². The molecule has 3 aromatic rings. The van der Waals surface area contributed by atoms with Crippen LogP contribution >= 0.6 is 11.6 Å². The number of fused-ring (bicyclic) bond motifs is 1. The average molecular weight is 407 g/mol. The highest BCUT2D eigenvalue weighted by Gasteiger charge is 2.19. The van der Waals surface area contributed by atoms with Gasteiger partial charge in [0.25, 0.3) is 5.56 Å². The zero-order chi connectivity index (χ0) is 20.4. The zero-order valence-corrected chi connectivity index (χ0v) is 15.8. The van der Waals surface area contributed by atoms with Crippen molar-refractivity contribution in [3.05, 3.63) is 61.5 Å². The van der Waals surface area contributed by atoms with E-state index in [0.717, 1.165) is 10.1 Å². The second kappa shape index (κ2) is 7.99. The van der Waals surface area contributed by atoms with Crippen LogP contribution in [0.4, 0.5) is 0 Å². The van der Waals surface area contributed by atoms with Gasteiger partial charge in [0.2, 0.25) is 0 Å². The van der Waals surface area contributed by atoms with Crippen molar-refractivity contribution in [3.63, 3.8) is 0 Å². The third kappa shape index (κ3) is 4.15. The summed E-state index contributed by atoms with van der Waals surface area (Å²) in [5.41, 5.74) is -0.158. The summed E-state index contributed by atoms with van der Waals surface area (Å²) < 4.78 is 2.61. The monoisotopic (exact) mass is 406 g/mol. The second-order valence-electron chi connectivity index (χ2n) is 6.51. The number of carboxylic acids is 1. The van der Waals surface area contributed by atoms with E-state index >= 15 is 0 Å². The molecule has 2 aromatic heterocycles. The first-order valence-electron chi connectivity index (χ1n) is 8.59. The Hall–Kier alpha value is -2.91. The highest BCUT2D eigenvalue weighted by atomic mass is 35.5. The van der Waals surface area contributed by atoms with Crippen LogP contribution in [0.15, 0.2) is 33.9 Å². The van der Waals surface area contributed by atoms with Crippen molar-refractivity contribution >= 4 is 28.7 Å². The molecule has 3 N–H and O–H groups in total. The molecular weight excluding hydrogens is 388 g/mol. The highest BCUT2D eigenvalue weighted by Crippen LogP contribution is 2.15. The van der Waals surface area contributed by atoms with E-state index in [1.807, 2.05) is 12.1 Å². The van der Waals surface area contributed by atoms with Gasteiger partial charge in [0.15, 0.2) is 11.2 Å². The van der Waals surface area contributed by atoms with E-state index in [-0.39, 0.29) is 30.0 Å². The number of rotatable bonds is 7. The number of aromatic nitrogens is 4. The van der Waals surface area contributed by atoms with Gasteiger partial charge in [-0.3, -0.25) is 19.1 Å². The lowest BCUT2D eigenvalue weighted by Gasteiger charge is -2.13. The number of aryl methyl sites for hydroxylation is 2. The summed E-state index contributed by atoms with van der Waals surface area (Å²) in [6, 6.07) is 7.10. The van der Waals surface area contributed by atoms with Crippen LogP contribution in [0.1, 0.15) is 17.8 Å². The Morgan fingerprint density at radius 1 is 1.29 bits per heavy atom. The Morgan fingerprint density at radius 3 is 2.61 bits per heavy atom. The molecule has 148 valence electrons. The van der Waals surface area contributed by atoms with Crippen LogP contribution in [0.2, 0.25) is 5.02 Å². The molecule has 0 aliphatic carbocycles. The fourth-order valence-electron chi connectivity index (χ4n) is 3.06. The number of carbonyl (C=O) groups is 1. The van der Waals surface area contributed by atoms with Crippen molar-refractivity contribution < 1.29 is 15.0 Å². The van der Waals surface area contributed by atoms with Gasteiger partial charge in [-0.05, 0) is 30.5 Å². The highest BCUT2D eigenvalue weighted by molar-refractivity contribution is 6.30.